The highest BCUT2D eigenvalue weighted by Gasteiger charge is 2.13. The molecule has 3 heteroatoms. The van der Waals surface area contributed by atoms with Gasteiger partial charge in [-0.2, -0.15) is 0 Å². The van der Waals surface area contributed by atoms with Gasteiger partial charge in [0, 0.05) is 6.54 Å². The summed E-state index contributed by atoms with van der Waals surface area (Å²) in [5.41, 5.74) is 1.18. The van der Waals surface area contributed by atoms with E-state index in [2.05, 4.69) is 17.3 Å². The lowest BCUT2D eigenvalue weighted by Gasteiger charge is -2.17. The lowest BCUT2D eigenvalue weighted by molar-refractivity contribution is 0.308. The zero-order valence-corrected chi connectivity index (χ0v) is 11.2. The molecule has 1 N–H and O–H groups in total. The molecule has 0 spiro atoms. The maximum absolute atomic E-state index is 12.8. The van der Waals surface area contributed by atoms with Crippen LogP contribution in [0.15, 0.2) is 24.3 Å². The first-order valence-electron chi connectivity index (χ1n) is 6.88. The first-order chi connectivity index (χ1) is 8.74. The summed E-state index contributed by atoms with van der Waals surface area (Å²) in [6.45, 7) is 4.41. The fraction of sp³-hybridized carbons (Fsp3) is 0.600. The Hall–Kier alpha value is -0.930. The molecule has 0 aromatic heterocycles. The summed E-state index contributed by atoms with van der Waals surface area (Å²) in [6.07, 6.45) is 3.91. The summed E-state index contributed by atoms with van der Waals surface area (Å²) in [4.78, 5) is 2.32. The van der Waals surface area contributed by atoms with Crippen molar-refractivity contribution in [2.75, 3.05) is 26.7 Å². The van der Waals surface area contributed by atoms with Crippen molar-refractivity contribution < 1.29 is 4.39 Å². The van der Waals surface area contributed by atoms with Gasteiger partial charge in [-0.15, -0.1) is 0 Å². The van der Waals surface area contributed by atoms with Crippen molar-refractivity contribution in [2.24, 2.45) is 5.92 Å². The number of halogens is 1. The molecule has 1 unspecified atom stereocenters. The normalized spacial score (nSPS) is 19.6. The Morgan fingerprint density at radius 2 is 2.11 bits per heavy atom. The Bertz CT molecular complexity index is 344. The van der Waals surface area contributed by atoms with Crippen LogP contribution in [0.3, 0.4) is 0 Å². The highest BCUT2D eigenvalue weighted by Crippen LogP contribution is 2.14. The van der Waals surface area contributed by atoms with Gasteiger partial charge in [-0.25, -0.2) is 4.39 Å². The predicted molar refractivity (Wildman–Crippen MR) is 72.9 cm³/mol. The number of rotatable bonds is 6. The molecule has 1 aromatic carbocycles. The molecule has 0 bridgehead atoms. The van der Waals surface area contributed by atoms with Gasteiger partial charge in [0.15, 0.2) is 0 Å². The summed E-state index contributed by atoms with van der Waals surface area (Å²) >= 11 is 0. The molecule has 1 fully saturated rings. The molecule has 18 heavy (non-hydrogen) atoms. The summed E-state index contributed by atoms with van der Waals surface area (Å²) < 4.78 is 12.8. The number of hydrogen-bond donors (Lipinski definition) is 1. The average Bonchev–Trinajstić information content (AvgIpc) is 2.85. The quantitative estimate of drug-likeness (QED) is 0.835. The molecule has 1 atom stereocenters. The van der Waals surface area contributed by atoms with Crippen molar-refractivity contribution in [1.82, 2.24) is 10.2 Å². The third-order valence-electron chi connectivity index (χ3n) is 3.68. The summed E-state index contributed by atoms with van der Waals surface area (Å²) in [6, 6.07) is 6.81. The van der Waals surface area contributed by atoms with E-state index in [4.69, 9.17) is 0 Å². The second-order valence-corrected chi connectivity index (χ2v) is 5.37. The number of nitrogens with zero attached hydrogens (tertiary/aromatic N) is 1. The third-order valence-corrected chi connectivity index (χ3v) is 3.68. The van der Waals surface area contributed by atoms with Crippen LogP contribution in [0.2, 0.25) is 0 Å². The van der Waals surface area contributed by atoms with E-state index < -0.39 is 0 Å². The van der Waals surface area contributed by atoms with Crippen LogP contribution in [0.1, 0.15) is 24.8 Å². The fourth-order valence-electron chi connectivity index (χ4n) is 2.59. The van der Waals surface area contributed by atoms with Gasteiger partial charge in [0.1, 0.15) is 5.82 Å². The van der Waals surface area contributed by atoms with Crippen molar-refractivity contribution >= 4 is 0 Å². The molecular weight excluding hydrogens is 227 g/mol. The Kier molecular flexibility index (Phi) is 5.14. The van der Waals surface area contributed by atoms with E-state index in [9.17, 15) is 4.39 Å². The van der Waals surface area contributed by atoms with Crippen LogP contribution in [0.25, 0.3) is 0 Å². The van der Waals surface area contributed by atoms with Gasteiger partial charge in [0.05, 0.1) is 0 Å². The number of hydrogen-bond acceptors (Lipinski definition) is 2. The van der Waals surface area contributed by atoms with E-state index in [0.717, 1.165) is 19.0 Å². The van der Waals surface area contributed by atoms with E-state index in [1.54, 1.807) is 0 Å². The van der Waals surface area contributed by atoms with Crippen LogP contribution in [0.5, 0.6) is 0 Å². The van der Waals surface area contributed by atoms with E-state index in [1.807, 2.05) is 12.1 Å². The average molecular weight is 250 g/mol. The van der Waals surface area contributed by atoms with E-state index in [0.29, 0.717) is 0 Å². The zero-order chi connectivity index (χ0) is 12.8. The minimum absolute atomic E-state index is 0.157. The van der Waals surface area contributed by atoms with Gasteiger partial charge in [-0.05, 0) is 69.6 Å². The zero-order valence-electron chi connectivity index (χ0n) is 11.2. The molecule has 1 aromatic rings. The second-order valence-electron chi connectivity index (χ2n) is 5.37. The first-order valence-corrected chi connectivity index (χ1v) is 6.88. The molecule has 2 rings (SSSR count). The molecule has 0 aliphatic carbocycles. The molecule has 0 radical (unpaired) electrons. The van der Waals surface area contributed by atoms with Crippen LogP contribution in [0, 0.1) is 11.7 Å². The van der Waals surface area contributed by atoms with Crippen LogP contribution in [-0.2, 0) is 6.54 Å². The summed E-state index contributed by atoms with van der Waals surface area (Å²) in [7, 11) is 2.14. The number of benzene rings is 1. The molecule has 1 saturated heterocycles. The predicted octanol–water partition coefficient (Wildman–Crippen LogP) is 2.65. The Morgan fingerprint density at radius 3 is 2.78 bits per heavy atom. The SMILES string of the molecule is CN(CCCC1CCNC1)Cc1ccc(F)cc1. The molecular formula is C15H23FN2. The standard InChI is InChI=1S/C15H23FN2/c1-18(10-2-3-13-8-9-17-11-13)12-14-4-6-15(16)7-5-14/h4-7,13,17H,2-3,8-12H2,1H3. The highest BCUT2D eigenvalue weighted by atomic mass is 19.1. The van der Waals surface area contributed by atoms with Crippen LogP contribution in [-0.4, -0.2) is 31.6 Å². The first kappa shape index (κ1) is 13.5. The highest BCUT2D eigenvalue weighted by molar-refractivity contribution is 5.15. The summed E-state index contributed by atoms with van der Waals surface area (Å²) in [5.74, 6) is 0.722. The third kappa shape index (κ3) is 4.39. The largest absolute Gasteiger partial charge is 0.316 e. The van der Waals surface area contributed by atoms with Crippen molar-refractivity contribution in [3.63, 3.8) is 0 Å². The van der Waals surface area contributed by atoms with Gasteiger partial charge in [-0.1, -0.05) is 12.1 Å². The van der Waals surface area contributed by atoms with Crippen LogP contribution in [0.4, 0.5) is 4.39 Å². The molecule has 100 valence electrons. The molecule has 0 saturated carbocycles. The van der Waals surface area contributed by atoms with Gasteiger partial charge in [0.2, 0.25) is 0 Å². The minimum Gasteiger partial charge on any atom is -0.316 e. The fourth-order valence-corrected chi connectivity index (χ4v) is 2.59. The lowest BCUT2D eigenvalue weighted by Crippen LogP contribution is -2.20. The smallest absolute Gasteiger partial charge is 0.123 e. The maximum atomic E-state index is 12.8. The van der Waals surface area contributed by atoms with Crippen molar-refractivity contribution in [3.8, 4) is 0 Å². The van der Waals surface area contributed by atoms with Crippen molar-refractivity contribution in [2.45, 2.75) is 25.8 Å². The van der Waals surface area contributed by atoms with Crippen molar-refractivity contribution in [1.29, 1.82) is 0 Å². The molecule has 0 amide bonds. The van der Waals surface area contributed by atoms with Gasteiger partial charge < -0.3 is 10.2 Å². The Balaban J connectivity index is 1.65. The lowest BCUT2D eigenvalue weighted by atomic mass is 10.0. The maximum Gasteiger partial charge on any atom is 0.123 e. The van der Waals surface area contributed by atoms with Crippen LogP contribution >= 0.6 is 0 Å². The Labute approximate surface area is 109 Å². The monoisotopic (exact) mass is 250 g/mol. The van der Waals surface area contributed by atoms with Gasteiger partial charge in [0.25, 0.3) is 0 Å². The summed E-state index contributed by atoms with van der Waals surface area (Å²) in [5, 5.41) is 3.41. The van der Waals surface area contributed by atoms with E-state index in [-0.39, 0.29) is 5.82 Å². The molecule has 2 nitrogen and oxygen atoms in total. The van der Waals surface area contributed by atoms with Crippen molar-refractivity contribution in [3.05, 3.63) is 35.6 Å². The van der Waals surface area contributed by atoms with Gasteiger partial charge >= 0.3 is 0 Å². The minimum atomic E-state index is -0.157. The molecule has 1 heterocycles. The van der Waals surface area contributed by atoms with E-state index in [1.165, 1.54) is 50.0 Å². The molecule has 1 aliphatic rings. The van der Waals surface area contributed by atoms with Crippen LogP contribution < -0.4 is 5.32 Å². The number of nitrogens with one attached hydrogen (secondary N) is 1. The molecule has 1 aliphatic heterocycles. The second kappa shape index (κ2) is 6.86. The Morgan fingerprint density at radius 1 is 1.33 bits per heavy atom. The van der Waals surface area contributed by atoms with Gasteiger partial charge in [-0.3, -0.25) is 0 Å². The topological polar surface area (TPSA) is 15.3 Å². The van der Waals surface area contributed by atoms with E-state index >= 15 is 0 Å².